The number of nitrogens with two attached hydrogens (primary N) is 1. The van der Waals surface area contributed by atoms with Crippen molar-refractivity contribution in [1.82, 2.24) is 15.3 Å². The number of nitrogens with one attached hydrogen (secondary N) is 1. The highest BCUT2D eigenvalue weighted by atomic mass is 16.5. The van der Waals surface area contributed by atoms with Crippen molar-refractivity contribution >= 4 is 11.9 Å². The summed E-state index contributed by atoms with van der Waals surface area (Å²) in [7, 11) is 0. The summed E-state index contributed by atoms with van der Waals surface area (Å²) < 4.78 is 5.78. The summed E-state index contributed by atoms with van der Waals surface area (Å²) >= 11 is 0. The third-order valence-corrected chi connectivity index (χ3v) is 3.20. The monoisotopic (exact) mass is 300 g/mol. The van der Waals surface area contributed by atoms with Gasteiger partial charge in [-0.3, -0.25) is 4.79 Å². The van der Waals surface area contributed by atoms with Crippen LogP contribution in [0.5, 0.6) is 5.75 Å². The number of para-hydroxylation sites is 1. The molecule has 0 saturated heterocycles. The molecule has 0 aliphatic rings. The van der Waals surface area contributed by atoms with Crippen molar-refractivity contribution in [2.45, 2.75) is 27.4 Å². The van der Waals surface area contributed by atoms with Crippen LogP contribution in [-0.2, 0) is 6.61 Å². The van der Waals surface area contributed by atoms with Crippen LogP contribution in [0.1, 0.15) is 34.2 Å². The number of nitrogens with zero attached hydrogens (tertiary/aromatic N) is 2. The molecule has 6 nitrogen and oxygen atoms in total. The maximum atomic E-state index is 12.2. The van der Waals surface area contributed by atoms with E-state index < -0.39 is 0 Å². The molecule has 116 valence electrons. The standard InChI is InChI=1S/C16H20N4O2/c1-4-18-15(21)14-11(3)19-16(17)20-12(14)9-22-13-8-6-5-7-10(13)2/h5-8H,4,9H2,1-3H3,(H,18,21)(H2,17,19,20). The van der Waals surface area contributed by atoms with Crippen LogP contribution < -0.4 is 15.8 Å². The van der Waals surface area contributed by atoms with Crippen LogP contribution in [-0.4, -0.2) is 22.4 Å². The number of carbonyl (C=O) groups is 1. The predicted molar refractivity (Wildman–Crippen MR) is 84.7 cm³/mol. The van der Waals surface area contributed by atoms with Crippen molar-refractivity contribution in [3.05, 3.63) is 46.8 Å². The van der Waals surface area contributed by atoms with Crippen LogP contribution >= 0.6 is 0 Å². The number of nitrogen functional groups attached to an aromatic ring is 1. The van der Waals surface area contributed by atoms with E-state index in [0.717, 1.165) is 11.3 Å². The lowest BCUT2D eigenvalue weighted by atomic mass is 10.1. The molecule has 0 saturated carbocycles. The molecule has 0 spiro atoms. The van der Waals surface area contributed by atoms with Crippen molar-refractivity contribution in [2.75, 3.05) is 12.3 Å². The molecule has 22 heavy (non-hydrogen) atoms. The fourth-order valence-corrected chi connectivity index (χ4v) is 2.17. The van der Waals surface area contributed by atoms with Crippen LogP contribution in [0.15, 0.2) is 24.3 Å². The van der Waals surface area contributed by atoms with E-state index in [-0.39, 0.29) is 18.5 Å². The smallest absolute Gasteiger partial charge is 0.255 e. The van der Waals surface area contributed by atoms with E-state index in [1.807, 2.05) is 38.1 Å². The molecule has 0 aliphatic carbocycles. The van der Waals surface area contributed by atoms with Crippen LogP contribution in [0.25, 0.3) is 0 Å². The summed E-state index contributed by atoms with van der Waals surface area (Å²) in [6, 6.07) is 7.67. The lowest BCUT2D eigenvalue weighted by Gasteiger charge is -2.13. The number of aromatic nitrogens is 2. The van der Waals surface area contributed by atoms with Crippen molar-refractivity contribution in [1.29, 1.82) is 0 Å². The van der Waals surface area contributed by atoms with Gasteiger partial charge >= 0.3 is 0 Å². The number of aryl methyl sites for hydroxylation is 2. The molecule has 2 aromatic rings. The van der Waals surface area contributed by atoms with Gasteiger partial charge in [-0.15, -0.1) is 0 Å². The average molecular weight is 300 g/mol. The molecule has 1 heterocycles. The van der Waals surface area contributed by atoms with Gasteiger partial charge in [0.05, 0.1) is 17.0 Å². The second-order valence-electron chi connectivity index (χ2n) is 4.90. The second-order valence-corrected chi connectivity index (χ2v) is 4.90. The van der Waals surface area contributed by atoms with E-state index in [9.17, 15) is 4.79 Å². The van der Waals surface area contributed by atoms with E-state index >= 15 is 0 Å². The number of hydrogen-bond acceptors (Lipinski definition) is 5. The van der Waals surface area contributed by atoms with Gasteiger partial charge in [-0.2, -0.15) is 0 Å². The topological polar surface area (TPSA) is 90.1 Å². The van der Waals surface area contributed by atoms with Gasteiger partial charge in [0.2, 0.25) is 5.95 Å². The maximum Gasteiger partial charge on any atom is 0.255 e. The normalized spacial score (nSPS) is 10.3. The lowest BCUT2D eigenvalue weighted by Crippen LogP contribution is -2.26. The van der Waals surface area contributed by atoms with E-state index in [4.69, 9.17) is 10.5 Å². The number of carbonyl (C=O) groups excluding carboxylic acids is 1. The molecule has 1 aromatic heterocycles. The van der Waals surface area contributed by atoms with Crippen LogP contribution in [0.4, 0.5) is 5.95 Å². The van der Waals surface area contributed by atoms with Crippen molar-refractivity contribution < 1.29 is 9.53 Å². The first-order valence-corrected chi connectivity index (χ1v) is 7.12. The fourth-order valence-electron chi connectivity index (χ4n) is 2.17. The molecule has 0 unspecified atom stereocenters. The molecule has 3 N–H and O–H groups in total. The fraction of sp³-hybridized carbons (Fsp3) is 0.312. The third-order valence-electron chi connectivity index (χ3n) is 3.20. The number of amides is 1. The van der Waals surface area contributed by atoms with Crippen molar-refractivity contribution in [2.24, 2.45) is 0 Å². The van der Waals surface area contributed by atoms with E-state index in [2.05, 4.69) is 15.3 Å². The Morgan fingerprint density at radius 3 is 2.68 bits per heavy atom. The summed E-state index contributed by atoms with van der Waals surface area (Å²) in [5.41, 5.74) is 8.16. The van der Waals surface area contributed by atoms with Gasteiger partial charge in [0, 0.05) is 6.54 Å². The summed E-state index contributed by atoms with van der Waals surface area (Å²) in [5, 5.41) is 2.76. The molecule has 1 amide bonds. The van der Waals surface area contributed by atoms with Gasteiger partial charge < -0.3 is 15.8 Å². The molecule has 1 aromatic carbocycles. The number of rotatable bonds is 5. The summed E-state index contributed by atoms with van der Waals surface area (Å²) in [5.74, 6) is 0.663. The number of anilines is 1. The number of hydrogen-bond donors (Lipinski definition) is 2. The molecule has 0 radical (unpaired) electrons. The molecule has 0 atom stereocenters. The minimum Gasteiger partial charge on any atom is -0.487 e. The largest absolute Gasteiger partial charge is 0.487 e. The highest BCUT2D eigenvalue weighted by Crippen LogP contribution is 2.19. The zero-order valence-electron chi connectivity index (χ0n) is 13.0. The Bertz CT molecular complexity index is 686. The van der Waals surface area contributed by atoms with Crippen molar-refractivity contribution in [3.63, 3.8) is 0 Å². The zero-order chi connectivity index (χ0) is 16.1. The molecule has 0 fully saturated rings. The van der Waals surface area contributed by atoms with E-state index in [0.29, 0.717) is 23.5 Å². The Morgan fingerprint density at radius 2 is 2.00 bits per heavy atom. The molecular formula is C16H20N4O2. The molecule has 6 heteroatoms. The van der Waals surface area contributed by atoms with Gasteiger partial charge in [0.25, 0.3) is 5.91 Å². The van der Waals surface area contributed by atoms with Gasteiger partial charge in [-0.05, 0) is 32.4 Å². The third kappa shape index (κ3) is 3.52. The predicted octanol–water partition coefficient (Wildman–Crippen LogP) is 2.00. The summed E-state index contributed by atoms with van der Waals surface area (Å²) in [6.45, 7) is 6.24. The summed E-state index contributed by atoms with van der Waals surface area (Å²) in [4.78, 5) is 20.4. The average Bonchev–Trinajstić information content (AvgIpc) is 2.46. The SMILES string of the molecule is CCNC(=O)c1c(C)nc(N)nc1COc1ccccc1C. The Kier molecular flexibility index (Phi) is 4.93. The minimum atomic E-state index is -0.219. The minimum absolute atomic E-state index is 0.133. The van der Waals surface area contributed by atoms with E-state index in [1.54, 1.807) is 6.92 Å². The Labute approximate surface area is 129 Å². The molecule has 0 bridgehead atoms. The first-order chi connectivity index (χ1) is 10.5. The van der Waals surface area contributed by atoms with Gasteiger partial charge in [-0.1, -0.05) is 18.2 Å². The highest BCUT2D eigenvalue weighted by Gasteiger charge is 2.18. The Morgan fingerprint density at radius 1 is 1.27 bits per heavy atom. The van der Waals surface area contributed by atoms with Gasteiger partial charge in [-0.25, -0.2) is 9.97 Å². The Balaban J connectivity index is 2.29. The van der Waals surface area contributed by atoms with Crippen molar-refractivity contribution in [3.8, 4) is 5.75 Å². The van der Waals surface area contributed by atoms with Crippen LogP contribution in [0, 0.1) is 13.8 Å². The van der Waals surface area contributed by atoms with E-state index in [1.165, 1.54) is 0 Å². The second kappa shape index (κ2) is 6.89. The van der Waals surface area contributed by atoms with Crippen LogP contribution in [0.2, 0.25) is 0 Å². The molecule has 2 rings (SSSR count). The summed E-state index contributed by atoms with van der Waals surface area (Å²) in [6.07, 6.45) is 0. The first-order valence-electron chi connectivity index (χ1n) is 7.12. The number of ether oxygens (including phenoxy) is 1. The van der Waals surface area contributed by atoms with Gasteiger partial charge in [0.15, 0.2) is 0 Å². The van der Waals surface area contributed by atoms with Gasteiger partial charge in [0.1, 0.15) is 12.4 Å². The van der Waals surface area contributed by atoms with Crippen LogP contribution in [0.3, 0.4) is 0 Å². The first kappa shape index (κ1) is 15.8. The molecule has 0 aliphatic heterocycles. The Hall–Kier alpha value is -2.63. The lowest BCUT2D eigenvalue weighted by molar-refractivity contribution is 0.0951. The molecular weight excluding hydrogens is 280 g/mol. The highest BCUT2D eigenvalue weighted by molar-refractivity contribution is 5.96. The maximum absolute atomic E-state index is 12.2. The number of benzene rings is 1. The quantitative estimate of drug-likeness (QED) is 0.881. The zero-order valence-corrected chi connectivity index (χ0v) is 13.0.